The molecule has 1 atom stereocenters. The fourth-order valence-corrected chi connectivity index (χ4v) is 2.52. The van der Waals surface area contributed by atoms with E-state index in [2.05, 4.69) is 16.8 Å². The van der Waals surface area contributed by atoms with Gasteiger partial charge >= 0.3 is 0 Å². The Labute approximate surface area is 104 Å². The number of rotatable bonds is 4. The number of aliphatic hydroxyl groups is 1. The lowest BCUT2D eigenvalue weighted by Gasteiger charge is -2.10. The van der Waals surface area contributed by atoms with Crippen LogP contribution in [0.25, 0.3) is 0 Å². The molecule has 1 aromatic heterocycles. The molecule has 16 heavy (non-hydrogen) atoms. The first-order chi connectivity index (χ1) is 7.75. The van der Waals surface area contributed by atoms with Gasteiger partial charge < -0.3 is 5.11 Å². The summed E-state index contributed by atoms with van der Waals surface area (Å²) in [4.78, 5) is 0. The van der Waals surface area contributed by atoms with Gasteiger partial charge in [-0.25, -0.2) is 0 Å². The first kappa shape index (κ1) is 11.6. The van der Waals surface area contributed by atoms with Crippen molar-refractivity contribution in [3.8, 4) is 0 Å². The van der Waals surface area contributed by atoms with Crippen molar-refractivity contribution in [3.63, 3.8) is 0 Å². The van der Waals surface area contributed by atoms with E-state index in [0.29, 0.717) is 5.02 Å². The van der Waals surface area contributed by atoms with Gasteiger partial charge in [0.05, 0.1) is 6.10 Å². The van der Waals surface area contributed by atoms with E-state index in [-0.39, 0.29) is 0 Å². The summed E-state index contributed by atoms with van der Waals surface area (Å²) >= 11 is 7.57. The van der Waals surface area contributed by atoms with Gasteiger partial charge in [0, 0.05) is 5.02 Å². The van der Waals surface area contributed by atoms with Crippen LogP contribution in [0.3, 0.4) is 0 Å². The SMILES string of the molecule is OC(CCc1ccsc1)c1cccc(Cl)c1. The number of aliphatic hydroxyl groups excluding tert-OH is 1. The number of halogens is 1. The van der Waals surface area contributed by atoms with Crippen molar-refractivity contribution in [2.24, 2.45) is 0 Å². The van der Waals surface area contributed by atoms with Crippen LogP contribution in [0.2, 0.25) is 5.02 Å². The molecule has 1 N–H and O–H groups in total. The summed E-state index contributed by atoms with van der Waals surface area (Å²) in [6.07, 6.45) is 1.20. The highest BCUT2D eigenvalue weighted by Crippen LogP contribution is 2.22. The lowest BCUT2D eigenvalue weighted by atomic mass is 10.0. The molecule has 2 rings (SSSR count). The number of thiophene rings is 1. The Kier molecular flexibility index (Phi) is 3.99. The molecule has 84 valence electrons. The van der Waals surface area contributed by atoms with Crippen LogP contribution in [-0.4, -0.2) is 5.11 Å². The summed E-state index contributed by atoms with van der Waals surface area (Å²) in [7, 11) is 0. The smallest absolute Gasteiger partial charge is 0.0793 e. The first-order valence-corrected chi connectivity index (χ1v) is 6.52. The van der Waals surface area contributed by atoms with Gasteiger partial charge in [-0.05, 0) is 52.9 Å². The molecule has 2 aromatic rings. The maximum Gasteiger partial charge on any atom is 0.0793 e. The Bertz CT molecular complexity index is 439. The van der Waals surface area contributed by atoms with Gasteiger partial charge in [-0.15, -0.1) is 0 Å². The molecule has 0 saturated carbocycles. The molecule has 0 aliphatic carbocycles. The number of aryl methyl sites for hydroxylation is 1. The summed E-state index contributed by atoms with van der Waals surface area (Å²) in [5.41, 5.74) is 2.17. The molecule has 0 saturated heterocycles. The summed E-state index contributed by atoms with van der Waals surface area (Å²) in [5.74, 6) is 0. The second-order valence-electron chi connectivity index (χ2n) is 3.74. The van der Waals surface area contributed by atoms with Crippen molar-refractivity contribution < 1.29 is 5.11 Å². The Morgan fingerprint density at radius 2 is 2.19 bits per heavy atom. The highest BCUT2D eigenvalue weighted by atomic mass is 35.5. The highest BCUT2D eigenvalue weighted by Gasteiger charge is 2.08. The van der Waals surface area contributed by atoms with Gasteiger partial charge in [-0.2, -0.15) is 11.3 Å². The van der Waals surface area contributed by atoms with Crippen LogP contribution in [0.15, 0.2) is 41.1 Å². The predicted octanol–water partition coefficient (Wildman–Crippen LogP) is 4.07. The van der Waals surface area contributed by atoms with Crippen LogP contribution in [0.1, 0.15) is 23.7 Å². The first-order valence-electron chi connectivity index (χ1n) is 5.20. The molecule has 3 heteroatoms. The third-order valence-electron chi connectivity index (χ3n) is 2.52. The van der Waals surface area contributed by atoms with E-state index in [9.17, 15) is 5.11 Å². The van der Waals surface area contributed by atoms with Crippen LogP contribution < -0.4 is 0 Å². The Morgan fingerprint density at radius 3 is 2.88 bits per heavy atom. The van der Waals surface area contributed by atoms with E-state index < -0.39 is 6.10 Å². The molecule has 0 amide bonds. The van der Waals surface area contributed by atoms with E-state index in [0.717, 1.165) is 18.4 Å². The number of hydrogen-bond acceptors (Lipinski definition) is 2. The minimum absolute atomic E-state index is 0.432. The van der Waals surface area contributed by atoms with Gasteiger partial charge in [-0.1, -0.05) is 23.7 Å². The number of benzene rings is 1. The minimum Gasteiger partial charge on any atom is -0.388 e. The fourth-order valence-electron chi connectivity index (χ4n) is 1.62. The van der Waals surface area contributed by atoms with Gasteiger partial charge in [0.1, 0.15) is 0 Å². The highest BCUT2D eigenvalue weighted by molar-refractivity contribution is 7.07. The Hall–Kier alpha value is -0.830. The van der Waals surface area contributed by atoms with Crippen LogP contribution >= 0.6 is 22.9 Å². The fraction of sp³-hybridized carbons (Fsp3) is 0.231. The zero-order valence-electron chi connectivity index (χ0n) is 8.77. The maximum atomic E-state index is 9.99. The maximum absolute atomic E-state index is 9.99. The van der Waals surface area contributed by atoms with E-state index in [4.69, 9.17) is 11.6 Å². The largest absolute Gasteiger partial charge is 0.388 e. The molecular formula is C13H13ClOS. The monoisotopic (exact) mass is 252 g/mol. The minimum atomic E-state index is -0.432. The summed E-state index contributed by atoms with van der Waals surface area (Å²) in [6, 6.07) is 9.50. The van der Waals surface area contributed by atoms with Crippen LogP contribution in [-0.2, 0) is 6.42 Å². The van der Waals surface area contributed by atoms with E-state index >= 15 is 0 Å². The van der Waals surface area contributed by atoms with Crippen molar-refractivity contribution in [2.45, 2.75) is 18.9 Å². The molecule has 0 aliphatic rings. The molecule has 1 aromatic carbocycles. The zero-order chi connectivity index (χ0) is 11.4. The summed E-state index contributed by atoms with van der Waals surface area (Å²) < 4.78 is 0. The summed E-state index contributed by atoms with van der Waals surface area (Å²) in [6.45, 7) is 0. The third-order valence-corrected chi connectivity index (χ3v) is 3.49. The Morgan fingerprint density at radius 1 is 1.31 bits per heavy atom. The van der Waals surface area contributed by atoms with Crippen molar-refractivity contribution in [1.82, 2.24) is 0 Å². The van der Waals surface area contributed by atoms with Crippen molar-refractivity contribution in [3.05, 3.63) is 57.2 Å². The molecule has 0 radical (unpaired) electrons. The molecule has 1 unspecified atom stereocenters. The van der Waals surface area contributed by atoms with Crippen LogP contribution in [0.4, 0.5) is 0 Å². The second-order valence-corrected chi connectivity index (χ2v) is 4.96. The number of hydrogen-bond donors (Lipinski definition) is 1. The van der Waals surface area contributed by atoms with Gasteiger partial charge in [-0.3, -0.25) is 0 Å². The van der Waals surface area contributed by atoms with Crippen molar-refractivity contribution >= 4 is 22.9 Å². The van der Waals surface area contributed by atoms with Crippen LogP contribution in [0.5, 0.6) is 0 Å². The Balaban J connectivity index is 1.95. The van der Waals surface area contributed by atoms with Crippen molar-refractivity contribution in [2.75, 3.05) is 0 Å². The zero-order valence-corrected chi connectivity index (χ0v) is 10.3. The lowest BCUT2D eigenvalue weighted by molar-refractivity contribution is 0.168. The molecule has 0 bridgehead atoms. The average Bonchev–Trinajstić information content (AvgIpc) is 2.78. The molecule has 0 fully saturated rings. The molecular weight excluding hydrogens is 240 g/mol. The molecule has 0 aliphatic heterocycles. The van der Waals surface area contributed by atoms with Gasteiger partial charge in [0.15, 0.2) is 0 Å². The predicted molar refractivity (Wildman–Crippen MR) is 69.1 cm³/mol. The lowest BCUT2D eigenvalue weighted by Crippen LogP contribution is -1.98. The third kappa shape index (κ3) is 3.08. The quantitative estimate of drug-likeness (QED) is 0.870. The van der Waals surface area contributed by atoms with Gasteiger partial charge in [0.2, 0.25) is 0 Å². The van der Waals surface area contributed by atoms with Gasteiger partial charge in [0.25, 0.3) is 0 Å². The van der Waals surface area contributed by atoms with E-state index in [1.807, 2.05) is 24.3 Å². The van der Waals surface area contributed by atoms with Crippen molar-refractivity contribution in [1.29, 1.82) is 0 Å². The second kappa shape index (κ2) is 5.48. The molecule has 1 nitrogen and oxygen atoms in total. The van der Waals surface area contributed by atoms with E-state index in [1.165, 1.54) is 5.56 Å². The average molecular weight is 253 g/mol. The van der Waals surface area contributed by atoms with Crippen LogP contribution in [0, 0.1) is 0 Å². The topological polar surface area (TPSA) is 20.2 Å². The molecule has 1 heterocycles. The normalized spacial score (nSPS) is 12.6. The standard InChI is InChI=1S/C13H13ClOS/c14-12-3-1-2-11(8-12)13(15)5-4-10-6-7-16-9-10/h1-3,6-9,13,15H,4-5H2. The molecule has 0 spiro atoms. The van der Waals surface area contributed by atoms with E-state index in [1.54, 1.807) is 11.3 Å². The summed E-state index contributed by atoms with van der Waals surface area (Å²) in [5, 5.41) is 14.8.